The number of nitrogens with zero attached hydrogens (tertiary/aromatic N) is 3. The molecular formula is C22H22N4O2. The Morgan fingerprint density at radius 3 is 2.50 bits per heavy atom. The Morgan fingerprint density at radius 1 is 1.04 bits per heavy atom. The quantitative estimate of drug-likeness (QED) is 0.745. The summed E-state index contributed by atoms with van der Waals surface area (Å²) in [6.07, 6.45) is 0. The molecule has 0 atom stereocenters. The minimum absolute atomic E-state index is 0.219. The number of pyridine rings is 1. The van der Waals surface area contributed by atoms with Crippen LogP contribution in [0.15, 0.2) is 66.7 Å². The van der Waals surface area contributed by atoms with Crippen molar-refractivity contribution in [1.82, 2.24) is 4.98 Å². The zero-order valence-corrected chi connectivity index (χ0v) is 15.9. The summed E-state index contributed by atoms with van der Waals surface area (Å²) in [4.78, 5) is 21.2. The van der Waals surface area contributed by atoms with Crippen LogP contribution in [0.2, 0.25) is 0 Å². The van der Waals surface area contributed by atoms with E-state index in [4.69, 9.17) is 9.72 Å². The number of benzene rings is 2. The number of aromatic nitrogens is 1. The summed E-state index contributed by atoms with van der Waals surface area (Å²) in [6, 6.07) is 21.1. The number of rotatable bonds is 3. The van der Waals surface area contributed by atoms with Gasteiger partial charge >= 0.3 is 6.03 Å². The molecule has 2 aromatic carbocycles. The molecule has 1 aromatic heterocycles. The zero-order chi connectivity index (χ0) is 19.5. The van der Waals surface area contributed by atoms with E-state index in [2.05, 4.69) is 5.32 Å². The summed E-state index contributed by atoms with van der Waals surface area (Å²) >= 11 is 0. The second-order valence-corrected chi connectivity index (χ2v) is 6.76. The third kappa shape index (κ3) is 3.62. The lowest BCUT2D eigenvalue weighted by Crippen LogP contribution is -2.41. The van der Waals surface area contributed by atoms with Crippen LogP contribution >= 0.6 is 0 Å². The molecule has 3 aromatic rings. The van der Waals surface area contributed by atoms with Crippen molar-refractivity contribution in [3.8, 4) is 17.0 Å². The lowest BCUT2D eigenvalue weighted by molar-refractivity contribution is 0.249. The molecule has 0 radical (unpaired) electrons. The Hall–Kier alpha value is -3.54. The van der Waals surface area contributed by atoms with Crippen molar-refractivity contribution in [1.29, 1.82) is 0 Å². The summed E-state index contributed by atoms with van der Waals surface area (Å²) in [6.45, 7) is 0.884. The molecule has 142 valence electrons. The van der Waals surface area contributed by atoms with E-state index in [1.165, 1.54) is 0 Å². The van der Waals surface area contributed by atoms with Crippen molar-refractivity contribution in [3.05, 3.63) is 66.7 Å². The second-order valence-electron chi connectivity index (χ2n) is 6.76. The summed E-state index contributed by atoms with van der Waals surface area (Å²) in [5, 5.41) is 2.92. The summed E-state index contributed by atoms with van der Waals surface area (Å²) < 4.78 is 5.70. The molecule has 0 aliphatic carbocycles. The molecule has 0 saturated carbocycles. The van der Waals surface area contributed by atoms with Gasteiger partial charge in [-0.05, 0) is 36.4 Å². The van der Waals surface area contributed by atoms with E-state index in [1.807, 2.05) is 85.7 Å². The molecule has 4 rings (SSSR count). The smallest absolute Gasteiger partial charge is 0.327 e. The van der Waals surface area contributed by atoms with Gasteiger partial charge in [0.25, 0.3) is 0 Å². The SMILES string of the molecule is CN(C)c1ccc(-c2ccc3c(n2)N(C(=O)Nc2ccccc2)CCO3)cc1. The molecule has 6 nitrogen and oxygen atoms in total. The number of amides is 2. The Labute approximate surface area is 164 Å². The number of urea groups is 1. The number of fused-ring (bicyclic) bond motifs is 1. The monoisotopic (exact) mass is 374 g/mol. The van der Waals surface area contributed by atoms with Gasteiger partial charge in [-0.15, -0.1) is 0 Å². The average molecular weight is 374 g/mol. The fourth-order valence-electron chi connectivity index (χ4n) is 3.10. The third-order valence-electron chi connectivity index (χ3n) is 4.62. The van der Waals surface area contributed by atoms with Gasteiger partial charge in [-0.3, -0.25) is 4.90 Å². The Bertz CT molecular complexity index is 972. The fourth-order valence-corrected chi connectivity index (χ4v) is 3.10. The largest absolute Gasteiger partial charge is 0.488 e. The highest BCUT2D eigenvalue weighted by molar-refractivity contribution is 6.02. The van der Waals surface area contributed by atoms with Crippen LogP contribution in [0.1, 0.15) is 0 Å². The van der Waals surface area contributed by atoms with Crippen LogP contribution in [0.5, 0.6) is 5.75 Å². The van der Waals surface area contributed by atoms with Gasteiger partial charge in [0.05, 0.1) is 12.2 Å². The van der Waals surface area contributed by atoms with Crippen LogP contribution in [-0.4, -0.2) is 38.3 Å². The van der Waals surface area contributed by atoms with Crippen LogP contribution < -0.4 is 19.9 Å². The van der Waals surface area contributed by atoms with Crippen molar-refractivity contribution in [2.45, 2.75) is 0 Å². The van der Waals surface area contributed by atoms with Gasteiger partial charge in [0.2, 0.25) is 0 Å². The number of ether oxygens (including phenoxy) is 1. The molecule has 2 heterocycles. The highest BCUT2D eigenvalue weighted by Gasteiger charge is 2.26. The van der Waals surface area contributed by atoms with Crippen LogP contribution in [0, 0.1) is 0 Å². The van der Waals surface area contributed by atoms with Gasteiger partial charge < -0.3 is 15.0 Å². The van der Waals surface area contributed by atoms with Gasteiger partial charge in [-0.25, -0.2) is 9.78 Å². The topological polar surface area (TPSA) is 57.7 Å². The van der Waals surface area contributed by atoms with Gasteiger partial charge in [-0.2, -0.15) is 0 Å². The number of para-hydroxylation sites is 1. The first kappa shape index (κ1) is 17.9. The maximum Gasteiger partial charge on any atom is 0.327 e. The maximum atomic E-state index is 12.8. The van der Waals surface area contributed by atoms with Gasteiger partial charge in [0, 0.05) is 31.0 Å². The molecule has 1 aliphatic heterocycles. The lowest BCUT2D eigenvalue weighted by atomic mass is 10.1. The summed E-state index contributed by atoms with van der Waals surface area (Å²) in [5.41, 5.74) is 3.65. The molecule has 0 unspecified atom stereocenters. The lowest BCUT2D eigenvalue weighted by Gasteiger charge is -2.28. The highest BCUT2D eigenvalue weighted by Crippen LogP contribution is 2.33. The van der Waals surface area contributed by atoms with E-state index in [0.717, 1.165) is 22.6 Å². The van der Waals surface area contributed by atoms with Gasteiger partial charge in [0.1, 0.15) is 6.61 Å². The molecule has 0 saturated heterocycles. The zero-order valence-electron chi connectivity index (χ0n) is 15.9. The number of hydrogen-bond acceptors (Lipinski definition) is 4. The van der Waals surface area contributed by atoms with Crippen molar-refractivity contribution in [2.24, 2.45) is 0 Å². The number of carbonyl (C=O) groups is 1. The van der Waals surface area contributed by atoms with E-state index in [-0.39, 0.29) is 6.03 Å². The van der Waals surface area contributed by atoms with E-state index in [1.54, 1.807) is 4.90 Å². The number of carbonyl (C=O) groups excluding carboxylic acids is 1. The Kier molecular flexibility index (Phi) is 4.85. The molecule has 0 spiro atoms. The molecule has 1 aliphatic rings. The standard InChI is InChI=1S/C22H22N4O2/c1-25(2)18-10-8-16(9-11-18)19-12-13-20-21(24-19)26(14-15-28-20)22(27)23-17-6-4-3-5-7-17/h3-13H,14-15H2,1-2H3,(H,23,27). The van der Waals surface area contributed by atoms with Crippen molar-refractivity contribution >= 4 is 23.2 Å². The summed E-state index contributed by atoms with van der Waals surface area (Å²) in [5.74, 6) is 1.15. The first-order valence-corrected chi connectivity index (χ1v) is 9.17. The van der Waals surface area contributed by atoms with E-state index >= 15 is 0 Å². The molecule has 0 bridgehead atoms. The first-order chi connectivity index (χ1) is 13.6. The van der Waals surface area contributed by atoms with Gasteiger partial charge in [-0.1, -0.05) is 30.3 Å². The maximum absolute atomic E-state index is 12.8. The second kappa shape index (κ2) is 7.60. The molecule has 28 heavy (non-hydrogen) atoms. The van der Waals surface area contributed by atoms with Crippen LogP contribution in [0.4, 0.5) is 22.0 Å². The van der Waals surface area contributed by atoms with Crippen molar-refractivity contribution in [3.63, 3.8) is 0 Å². The van der Waals surface area contributed by atoms with E-state index < -0.39 is 0 Å². The number of hydrogen-bond donors (Lipinski definition) is 1. The Balaban J connectivity index is 1.62. The van der Waals surface area contributed by atoms with Crippen LogP contribution in [0.25, 0.3) is 11.3 Å². The number of anilines is 3. The van der Waals surface area contributed by atoms with E-state index in [9.17, 15) is 4.79 Å². The first-order valence-electron chi connectivity index (χ1n) is 9.17. The molecule has 2 amide bonds. The fraction of sp³-hybridized carbons (Fsp3) is 0.182. The van der Waals surface area contributed by atoms with E-state index in [0.29, 0.717) is 24.7 Å². The average Bonchev–Trinajstić information content (AvgIpc) is 2.73. The summed E-state index contributed by atoms with van der Waals surface area (Å²) in [7, 11) is 4.01. The minimum atomic E-state index is -0.219. The van der Waals surface area contributed by atoms with Crippen molar-refractivity contribution < 1.29 is 9.53 Å². The van der Waals surface area contributed by atoms with Crippen LogP contribution in [-0.2, 0) is 0 Å². The molecule has 6 heteroatoms. The van der Waals surface area contributed by atoms with Gasteiger partial charge in [0.15, 0.2) is 11.6 Å². The highest BCUT2D eigenvalue weighted by atomic mass is 16.5. The third-order valence-corrected chi connectivity index (χ3v) is 4.62. The molecular weight excluding hydrogens is 352 g/mol. The van der Waals surface area contributed by atoms with Crippen LogP contribution in [0.3, 0.4) is 0 Å². The Morgan fingerprint density at radius 2 is 1.79 bits per heavy atom. The minimum Gasteiger partial charge on any atom is -0.488 e. The normalized spacial score (nSPS) is 12.7. The van der Waals surface area contributed by atoms with Crippen molar-refractivity contribution in [2.75, 3.05) is 42.4 Å². The number of nitrogens with one attached hydrogen (secondary N) is 1. The molecule has 0 fully saturated rings. The predicted molar refractivity (Wildman–Crippen MR) is 112 cm³/mol. The molecule has 1 N–H and O–H groups in total. The predicted octanol–water partition coefficient (Wildman–Crippen LogP) is 4.25.